The molecule has 1 unspecified atom stereocenters. The second-order valence-electron chi connectivity index (χ2n) is 8.41. The lowest BCUT2D eigenvalue weighted by Gasteiger charge is -2.28. The van der Waals surface area contributed by atoms with Crippen LogP contribution in [0.25, 0.3) is 0 Å². The molecule has 0 bridgehead atoms. The third-order valence-electron chi connectivity index (χ3n) is 6.28. The lowest BCUT2D eigenvalue weighted by molar-refractivity contribution is -0.136. The van der Waals surface area contributed by atoms with Gasteiger partial charge in [-0.05, 0) is 48.9 Å². The molecule has 1 atom stereocenters. The molecule has 2 aromatic carbocycles. The Hall–Kier alpha value is -4.01. The summed E-state index contributed by atoms with van der Waals surface area (Å²) in [5, 5.41) is 5.43. The first-order valence-corrected chi connectivity index (χ1v) is 10.9. The van der Waals surface area contributed by atoms with E-state index in [2.05, 4.69) is 15.5 Å². The fourth-order valence-electron chi connectivity index (χ4n) is 4.49. The van der Waals surface area contributed by atoms with E-state index in [1.54, 1.807) is 18.2 Å². The number of hydrogen-bond donors (Lipinski definition) is 2. The van der Waals surface area contributed by atoms with Crippen molar-refractivity contribution >= 4 is 46.5 Å². The molecule has 4 amide bonds. The minimum Gasteiger partial charge on any atom is -0.371 e. The highest BCUT2D eigenvalue weighted by atomic mass is 16.2. The van der Waals surface area contributed by atoms with Gasteiger partial charge in [0.15, 0.2) is 0 Å². The summed E-state index contributed by atoms with van der Waals surface area (Å²) in [6.45, 7) is 1.44. The molecule has 3 heterocycles. The largest absolute Gasteiger partial charge is 0.371 e. The highest BCUT2D eigenvalue weighted by Crippen LogP contribution is 2.31. The predicted octanol–water partition coefficient (Wildman–Crippen LogP) is 2.00. The summed E-state index contributed by atoms with van der Waals surface area (Å²) in [6.07, 6.45) is 1.34. The molecule has 3 aliphatic rings. The number of piperidine rings is 2. The van der Waals surface area contributed by atoms with Crippen molar-refractivity contribution in [2.45, 2.75) is 31.7 Å². The fraction of sp³-hybridized carbons (Fsp3) is 0.292. The van der Waals surface area contributed by atoms with Crippen molar-refractivity contribution < 1.29 is 24.0 Å². The van der Waals surface area contributed by atoms with E-state index >= 15 is 0 Å². The smallest absolute Gasteiger partial charge is 0.262 e. The van der Waals surface area contributed by atoms with Crippen molar-refractivity contribution in [2.24, 2.45) is 0 Å². The number of anilines is 3. The number of hydrogen-bond acceptors (Lipinski definition) is 7. The van der Waals surface area contributed by atoms with Crippen LogP contribution in [0.3, 0.4) is 0 Å². The van der Waals surface area contributed by atoms with E-state index in [0.717, 1.165) is 29.4 Å². The molecule has 2 aromatic rings. The van der Waals surface area contributed by atoms with E-state index in [9.17, 15) is 24.0 Å². The van der Waals surface area contributed by atoms with Crippen LogP contribution < -0.4 is 15.5 Å². The Labute approximate surface area is 189 Å². The fourth-order valence-corrected chi connectivity index (χ4v) is 4.49. The first kappa shape index (κ1) is 20.9. The van der Waals surface area contributed by atoms with Gasteiger partial charge in [-0.15, -0.1) is 0 Å². The third-order valence-corrected chi connectivity index (χ3v) is 6.28. The number of nitrogens with one attached hydrogen (secondary N) is 2. The van der Waals surface area contributed by atoms with Gasteiger partial charge in [-0.3, -0.25) is 34.2 Å². The molecular formula is C24H22N4O5. The molecule has 2 saturated heterocycles. The van der Waals surface area contributed by atoms with Crippen molar-refractivity contribution in [3.05, 3.63) is 53.6 Å². The van der Waals surface area contributed by atoms with E-state index < -0.39 is 29.7 Å². The van der Waals surface area contributed by atoms with Crippen LogP contribution in [0, 0.1) is 0 Å². The quantitative estimate of drug-likeness (QED) is 0.690. The van der Waals surface area contributed by atoms with Gasteiger partial charge in [-0.2, -0.15) is 0 Å². The molecule has 2 fully saturated rings. The summed E-state index contributed by atoms with van der Waals surface area (Å²) in [5.74, 6) is -1.80. The molecule has 0 radical (unpaired) electrons. The normalized spacial score (nSPS) is 20.7. The third kappa shape index (κ3) is 3.86. The average molecular weight is 446 g/mol. The highest BCUT2D eigenvalue weighted by Gasteiger charge is 2.44. The number of carbonyl (C=O) groups excluding carboxylic acids is 5. The van der Waals surface area contributed by atoms with Crippen molar-refractivity contribution in [1.82, 2.24) is 10.2 Å². The number of ketones is 1. The standard InChI is InChI=1S/C24H22N4O5/c29-17-9-11-27(12-10-17)16-4-1-14(2-5-16)25-15-3-6-18-19(13-15)24(33)28(23(18)32)20-7-8-21(30)26-22(20)31/h1-6,13,20,25H,7-12H2,(H,26,30,31). The van der Waals surface area contributed by atoms with Gasteiger partial charge in [0.05, 0.1) is 11.1 Å². The number of fused-ring (bicyclic) bond motifs is 1. The van der Waals surface area contributed by atoms with Gasteiger partial charge in [0.25, 0.3) is 11.8 Å². The molecule has 0 aromatic heterocycles. The zero-order chi connectivity index (χ0) is 23.1. The maximum absolute atomic E-state index is 13.0. The summed E-state index contributed by atoms with van der Waals surface area (Å²) in [6, 6.07) is 11.7. The lowest BCUT2D eigenvalue weighted by Crippen LogP contribution is -2.54. The van der Waals surface area contributed by atoms with Crippen LogP contribution in [0.1, 0.15) is 46.4 Å². The van der Waals surface area contributed by atoms with E-state index in [0.29, 0.717) is 24.3 Å². The molecule has 168 valence electrons. The average Bonchev–Trinajstić information content (AvgIpc) is 3.05. The molecule has 0 saturated carbocycles. The van der Waals surface area contributed by atoms with Crippen LogP contribution in [0.15, 0.2) is 42.5 Å². The van der Waals surface area contributed by atoms with Gasteiger partial charge in [0, 0.05) is 49.4 Å². The van der Waals surface area contributed by atoms with Crippen LogP contribution in [0.4, 0.5) is 17.1 Å². The summed E-state index contributed by atoms with van der Waals surface area (Å²) in [7, 11) is 0. The topological polar surface area (TPSA) is 116 Å². The molecule has 3 aliphatic heterocycles. The highest BCUT2D eigenvalue weighted by molar-refractivity contribution is 6.23. The molecule has 2 N–H and O–H groups in total. The number of rotatable bonds is 4. The van der Waals surface area contributed by atoms with E-state index in [1.807, 2.05) is 24.3 Å². The Morgan fingerprint density at radius 2 is 1.45 bits per heavy atom. The first-order chi connectivity index (χ1) is 15.9. The molecule has 33 heavy (non-hydrogen) atoms. The molecule has 9 nitrogen and oxygen atoms in total. The van der Waals surface area contributed by atoms with Gasteiger partial charge in [0.2, 0.25) is 11.8 Å². The molecule has 0 spiro atoms. The van der Waals surface area contributed by atoms with Gasteiger partial charge < -0.3 is 10.2 Å². The van der Waals surface area contributed by atoms with Crippen LogP contribution in [0.2, 0.25) is 0 Å². The van der Waals surface area contributed by atoms with E-state index in [1.165, 1.54) is 0 Å². The molecule has 0 aliphatic carbocycles. The Bertz CT molecular complexity index is 1180. The van der Waals surface area contributed by atoms with Crippen LogP contribution in [0.5, 0.6) is 0 Å². The van der Waals surface area contributed by atoms with Crippen LogP contribution in [-0.2, 0) is 14.4 Å². The van der Waals surface area contributed by atoms with Gasteiger partial charge in [-0.25, -0.2) is 0 Å². The van der Waals surface area contributed by atoms with Crippen molar-refractivity contribution in [1.29, 1.82) is 0 Å². The van der Waals surface area contributed by atoms with Gasteiger partial charge in [-0.1, -0.05) is 0 Å². The van der Waals surface area contributed by atoms with Gasteiger partial charge in [0.1, 0.15) is 11.8 Å². The van der Waals surface area contributed by atoms with E-state index in [-0.39, 0.29) is 24.0 Å². The second kappa shape index (κ2) is 8.16. The number of benzene rings is 2. The minimum atomic E-state index is -0.982. The Balaban J connectivity index is 1.31. The maximum Gasteiger partial charge on any atom is 0.262 e. The minimum absolute atomic E-state index is 0.0837. The monoisotopic (exact) mass is 446 g/mol. The van der Waals surface area contributed by atoms with Crippen LogP contribution in [-0.4, -0.2) is 53.4 Å². The SMILES string of the molecule is O=C1CCN(c2ccc(Nc3ccc4c(c3)C(=O)N(C3CCC(=O)NC3=O)C4=O)cc2)CC1. The Morgan fingerprint density at radius 1 is 0.788 bits per heavy atom. The second-order valence-corrected chi connectivity index (χ2v) is 8.41. The zero-order valence-corrected chi connectivity index (χ0v) is 17.8. The van der Waals surface area contributed by atoms with E-state index in [4.69, 9.17) is 0 Å². The number of imide groups is 2. The van der Waals surface area contributed by atoms with Crippen molar-refractivity contribution in [3.8, 4) is 0 Å². The number of nitrogens with zero attached hydrogens (tertiary/aromatic N) is 2. The predicted molar refractivity (Wildman–Crippen MR) is 119 cm³/mol. The zero-order valence-electron chi connectivity index (χ0n) is 17.8. The number of amides is 4. The lowest BCUT2D eigenvalue weighted by atomic mass is 10.0. The molecular weight excluding hydrogens is 424 g/mol. The first-order valence-electron chi connectivity index (χ1n) is 10.9. The van der Waals surface area contributed by atoms with Crippen molar-refractivity contribution in [2.75, 3.05) is 23.3 Å². The Morgan fingerprint density at radius 3 is 2.15 bits per heavy atom. The maximum atomic E-state index is 13.0. The molecule has 9 heteroatoms. The summed E-state index contributed by atoms with van der Waals surface area (Å²) in [5.41, 5.74) is 2.96. The Kier molecular flexibility index (Phi) is 5.16. The van der Waals surface area contributed by atoms with Crippen LogP contribution >= 0.6 is 0 Å². The summed E-state index contributed by atoms with van der Waals surface area (Å²) >= 11 is 0. The molecule has 5 rings (SSSR count). The number of carbonyl (C=O) groups is 5. The summed E-state index contributed by atoms with van der Waals surface area (Å²) in [4.78, 5) is 63.9. The van der Waals surface area contributed by atoms with Gasteiger partial charge >= 0.3 is 0 Å². The van der Waals surface area contributed by atoms with Crippen molar-refractivity contribution in [3.63, 3.8) is 0 Å². The summed E-state index contributed by atoms with van der Waals surface area (Å²) < 4.78 is 0. The number of Topliss-reactive ketones (excluding diaryl/α,β-unsaturated/α-hetero) is 1.